The molecule has 1 saturated carbocycles. The zero-order valence-electron chi connectivity index (χ0n) is 17.0. The molecule has 3 aliphatic rings. The smallest absolute Gasteiger partial charge is 0.416 e. The molecule has 0 unspecified atom stereocenters. The Kier molecular flexibility index (Phi) is 5.68. The summed E-state index contributed by atoms with van der Waals surface area (Å²) >= 11 is 5.06. The number of halogens is 1. The van der Waals surface area contributed by atoms with E-state index in [0.29, 0.717) is 37.6 Å². The molecule has 162 valence electrons. The highest BCUT2D eigenvalue weighted by Crippen LogP contribution is 2.32. The van der Waals surface area contributed by atoms with Crippen LogP contribution in [0.25, 0.3) is 0 Å². The summed E-state index contributed by atoms with van der Waals surface area (Å²) in [4.78, 5) is 31.2. The van der Waals surface area contributed by atoms with Gasteiger partial charge in [0.15, 0.2) is 6.23 Å². The highest BCUT2D eigenvalue weighted by molar-refractivity contribution is 7.80. The minimum absolute atomic E-state index is 0.203. The predicted molar refractivity (Wildman–Crippen MR) is 113 cm³/mol. The molecular formula is C20H25FN4O4S. The average molecular weight is 437 g/mol. The summed E-state index contributed by atoms with van der Waals surface area (Å²) in [6, 6.07) is 4.72. The van der Waals surface area contributed by atoms with Crippen LogP contribution < -0.4 is 9.80 Å². The number of carbonyl (C=O) groups is 2. The topological polar surface area (TPSA) is 65.6 Å². The third kappa shape index (κ3) is 4.00. The van der Waals surface area contributed by atoms with Crippen LogP contribution in [0.2, 0.25) is 0 Å². The Bertz CT molecular complexity index is 857. The summed E-state index contributed by atoms with van der Waals surface area (Å²) in [6.45, 7) is 2.58. The molecule has 0 radical (unpaired) electrons. The van der Waals surface area contributed by atoms with Crippen LogP contribution in [0.4, 0.5) is 20.6 Å². The molecule has 10 heteroatoms. The Morgan fingerprint density at radius 1 is 1.27 bits per heavy atom. The molecule has 3 fully saturated rings. The van der Waals surface area contributed by atoms with Crippen LogP contribution in [0.5, 0.6) is 0 Å². The quantitative estimate of drug-likeness (QED) is 0.669. The number of cyclic esters (lactones) is 1. The Balaban J connectivity index is 1.40. The number of ether oxygens (including phenoxy) is 2. The maximum atomic E-state index is 14.9. The van der Waals surface area contributed by atoms with Crippen molar-refractivity contribution in [2.24, 2.45) is 5.92 Å². The van der Waals surface area contributed by atoms with Gasteiger partial charge >= 0.3 is 6.09 Å². The van der Waals surface area contributed by atoms with Crippen molar-refractivity contribution in [1.29, 1.82) is 0 Å². The first kappa shape index (κ1) is 20.6. The van der Waals surface area contributed by atoms with Crippen molar-refractivity contribution in [1.82, 2.24) is 9.80 Å². The number of piperazine rings is 1. The molecule has 1 aliphatic carbocycles. The summed E-state index contributed by atoms with van der Waals surface area (Å²) in [5, 5.41) is 0.204. The van der Waals surface area contributed by atoms with E-state index in [-0.39, 0.29) is 23.5 Å². The fourth-order valence-electron chi connectivity index (χ4n) is 3.80. The predicted octanol–water partition coefficient (Wildman–Crippen LogP) is 2.03. The van der Waals surface area contributed by atoms with E-state index in [2.05, 4.69) is 0 Å². The number of amides is 2. The molecule has 0 N–H and O–H groups in total. The number of anilines is 2. The van der Waals surface area contributed by atoms with Crippen LogP contribution in [0, 0.1) is 11.7 Å². The first-order valence-corrected chi connectivity index (χ1v) is 10.4. The maximum absolute atomic E-state index is 14.9. The molecule has 0 bridgehead atoms. The highest BCUT2D eigenvalue weighted by atomic mass is 32.1. The Hall–Kier alpha value is -2.62. The van der Waals surface area contributed by atoms with Crippen molar-refractivity contribution in [2.75, 3.05) is 56.7 Å². The number of methoxy groups -OCH3 is 1. The van der Waals surface area contributed by atoms with E-state index in [4.69, 9.17) is 21.7 Å². The molecule has 2 aliphatic heterocycles. The van der Waals surface area contributed by atoms with Gasteiger partial charge in [-0.25, -0.2) is 9.18 Å². The van der Waals surface area contributed by atoms with Crippen LogP contribution in [-0.4, -0.2) is 80.1 Å². The molecule has 0 aromatic heterocycles. The number of hydrogen-bond acceptors (Lipinski definition) is 6. The van der Waals surface area contributed by atoms with Crippen molar-refractivity contribution in [3.63, 3.8) is 0 Å². The van der Waals surface area contributed by atoms with E-state index >= 15 is 0 Å². The van der Waals surface area contributed by atoms with E-state index in [0.717, 1.165) is 12.8 Å². The zero-order chi connectivity index (χ0) is 21.4. The van der Waals surface area contributed by atoms with Gasteiger partial charge in [0, 0.05) is 39.1 Å². The number of rotatable bonds is 4. The van der Waals surface area contributed by atoms with Gasteiger partial charge in [-0.2, -0.15) is 0 Å². The van der Waals surface area contributed by atoms with Gasteiger partial charge < -0.3 is 19.3 Å². The zero-order valence-corrected chi connectivity index (χ0v) is 17.9. The lowest BCUT2D eigenvalue weighted by Gasteiger charge is -2.36. The highest BCUT2D eigenvalue weighted by Gasteiger charge is 2.37. The summed E-state index contributed by atoms with van der Waals surface area (Å²) in [5.74, 6) is 0.0193. The Morgan fingerprint density at radius 2 is 1.97 bits per heavy atom. The van der Waals surface area contributed by atoms with Gasteiger partial charge in [0.1, 0.15) is 5.82 Å². The number of nitrogens with zero attached hydrogens (tertiary/aromatic N) is 4. The molecule has 8 nitrogen and oxygen atoms in total. The normalized spacial score (nSPS) is 21.5. The number of likely N-dealkylation sites (N-methyl/N-ethyl adjacent to an activating group) is 1. The van der Waals surface area contributed by atoms with Gasteiger partial charge in [0.25, 0.3) is 5.17 Å². The van der Waals surface area contributed by atoms with E-state index < -0.39 is 18.1 Å². The first-order valence-electron chi connectivity index (χ1n) is 10.0. The van der Waals surface area contributed by atoms with E-state index in [9.17, 15) is 14.0 Å². The second-order valence-electron chi connectivity index (χ2n) is 7.75. The van der Waals surface area contributed by atoms with Crippen molar-refractivity contribution in [3.05, 3.63) is 24.0 Å². The van der Waals surface area contributed by atoms with Gasteiger partial charge in [-0.1, -0.05) is 0 Å². The fraction of sp³-hybridized carbons (Fsp3) is 0.550. The molecule has 0 spiro atoms. The minimum Gasteiger partial charge on any atom is -0.474 e. The molecule has 2 saturated heterocycles. The van der Waals surface area contributed by atoms with E-state index in [1.807, 2.05) is 9.80 Å². The van der Waals surface area contributed by atoms with Gasteiger partial charge in [0.2, 0.25) is 5.91 Å². The summed E-state index contributed by atoms with van der Waals surface area (Å²) in [5.41, 5.74) is 0.891. The molecular weight excluding hydrogens is 411 g/mol. The lowest BCUT2D eigenvalue weighted by Crippen LogP contribution is -2.49. The van der Waals surface area contributed by atoms with Crippen LogP contribution in [0.1, 0.15) is 12.8 Å². The number of thiocarbonyl (C=S) groups is 1. The Morgan fingerprint density at radius 3 is 2.57 bits per heavy atom. The number of carbonyl (C=O) groups excluding carboxylic acids is 2. The van der Waals surface area contributed by atoms with Gasteiger partial charge in [0.05, 0.1) is 25.0 Å². The lowest BCUT2D eigenvalue weighted by molar-refractivity contribution is -0.132. The molecule has 2 heterocycles. The monoisotopic (exact) mass is 436 g/mol. The number of hydrogen-bond donors (Lipinski definition) is 0. The summed E-state index contributed by atoms with van der Waals surface area (Å²) < 4.78 is 25.2. The largest absolute Gasteiger partial charge is 0.474 e. The van der Waals surface area contributed by atoms with E-state index in [1.165, 1.54) is 18.1 Å². The Labute approximate surface area is 180 Å². The van der Waals surface area contributed by atoms with Crippen molar-refractivity contribution in [3.8, 4) is 0 Å². The summed E-state index contributed by atoms with van der Waals surface area (Å²) in [6.07, 6.45) is 0.805. The maximum Gasteiger partial charge on any atom is 0.416 e. The van der Waals surface area contributed by atoms with Gasteiger partial charge in [-0.3, -0.25) is 14.6 Å². The standard InChI is InChI=1S/C20H25FN4O4S/c1-22(20(30)28-2)17-12-25(19(27)29-17)14-5-6-16(15(21)11-14)23-7-9-24(10-8-23)18(26)13-3-4-13/h5-6,11,13,17H,3-4,7-10,12H2,1-2H3/t17-/m0/s1. The van der Waals surface area contributed by atoms with Crippen molar-refractivity contribution in [2.45, 2.75) is 19.1 Å². The first-order chi connectivity index (χ1) is 14.4. The van der Waals surface area contributed by atoms with Crippen LogP contribution in [-0.2, 0) is 14.3 Å². The lowest BCUT2D eigenvalue weighted by atomic mass is 10.2. The molecule has 4 rings (SSSR count). The number of benzene rings is 1. The molecule has 2 amide bonds. The molecule has 1 aromatic carbocycles. The SMILES string of the molecule is COC(=S)N(C)[C@@H]1CN(c2ccc(N3CCN(C(=O)C4CC4)CC3)c(F)c2)C(=O)O1. The molecule has 30 heavy (non-hydrogen) atoms. The van der Waals surface area contributed by atoms with Gasteiger partial charge in [-0.15, -0.1) is 0 Å². The van der Waals surface area contributed by atoms with E-state index in [1.54, 1.807) is 24.1 Å². The third-order valence-corrected chi connectivity index (χ3v) is 6.25. The van der Waals surface area contributed by atoms with Crippen molar-refractivity contribution >= 4 is 40.8 Å². The van der Waals surface area contributed by atoms with Crippen LogP contribution >= 0.6 is 12.2 Å². The minimum atomic E-state index is -0.607. The van der Waals surface area contributed by atoms with Crippen LogP contribution in [0.3, 0.4) is 0 Å². The molecule has 1 aromatic rings. The van der Waals surface area contributed by atoms with Crippen molar-refractivity contribution < 1.29 is 23.5 Å². The molecule has 1 atom stereocenters. The second kappa shape index (κ2) is 8.25. The summed E-state index contributed by atoms with van der Waals surface area (Å²) in [7, 11) is 3.12. The average Bonchev–Trinajstić information content (AvgIpc) is 3.54. The fourth-order valence-corrected chi connectivity index (χ4v) is 3.92. The van der Waals surface area contributed by atoms with Crippen LogP contribution in [0.15, 0.2) is 18.2 Å². The second-order valence-corrected chi connectivity index (χ2v) is 8.10. The van der Waals surface area contributed by atoms with Gasteiger partial charge in [-0.05, 0) is 43.3 Å². The third-order valence-electron chi connectivity index (χ3n) is 5.79.